The van der Waals surface area contributed by atoms with Gasteiger partial charge in [-0.25, -0.2) is 4.39 Å². The molecule has 12 atom stereocenters. The quantitative estimate of drug-likeness (QED) is 0.185. The molecule has 8 fully saturated rings. The third-order valence-corrected chi connectivity index (χ3v) is 15.5. The summed E-state index contributed by atoms with van der Waals surface area (Å²) in [6, 6.07) is -0.938. The molecule has 0 spiro atoms. The molecule has 9 rings (SSSR count). The number of fused-ring (bicyclic) bond motifs is 5. The fraction of sp³-hybridized carbons (Fsp3) is 0.884. The molecule has 6 aliphatic heterocycles. The molecule has 14 heteroatoms. The van der Waals surface area contributed by atoms with Gasteiger partial charge in [-0.05, 0) is 103 Å². The fourth-order valence-corrected chi connectivity index (χ4v) is 12.5. The number of halogens is 1. The van der Waals surface area contributed by atoms with Crippen LogP contribution >= 0.6 is 0 Å². The van der Waals surface area contributed by atoms with Crippen molar-refractivity contribution in [3.63, 3.8) is 0 Å². The average Bonchev–Trinajstić information content (AvgIpc) is 3.98. The summed E-state index contributed by atoms with van der Waals surface area (Å²) in [6.07, 6.45) is 11.5. The summed E-state index contributed by atoms with van der Waals surface area (Å²) in [7, 11) is 2.18. The van der Waals surface area contributed by atoms with Gasteiger partial charge in [-0.2, -0.15) is 0 Å². The summed E-state index contributed by atoms with van der Waals surface area (Å²) in [4.78, 5) is 52.8. The number of Topliss-reactive ketones (excluding diaryl/α,β-unsaturated/α-hetero) is 1. The number of hydrogen-bond donors (Lipinski definition) is 3. The predicted octanol–water partition coefficient (Wildman–Crippen LogP) is 1.37. The lowest BCUT2D eigenvalue weighted by molar-refractivity contribution is -0.220. The Kier molecular flexibility index (Phi) is 12.6. The van der Waals surface area contributed by atoms with E-state index in [0.29, 0.717) is 50.5 Å². The van der Waals surface area contributed by atoms with Crippen LogP contribution in [-0.4, -0.2) is 189 Å². The summed E-state index contributed by atoms with van der Waals surface area (Å²) >= 11 is 0. The normalized spacial score (nSPS) is 39.9. The van der Waals surface area contributed by atoms with Crippen LogP contribution in [0, 0.1) is 17.8 Å². The Morgan fingerprint density at radius 2 is 1.61 bits per heavy atom. The van der Waals surface area contributed by atoms with E-state index in [-0.39, 0.29) is 59.9 Å². The minimum absolute atomic E-state index is 0.0292. The van der Waals surface area contributed by atoms with Crippen LogP contribution in [0.4, 0.5) is 4.39 Å². The number of rotatable bonds is 13. The predicted molar refractivity (Wildman–Crippen MR) is 214 cm³/mol. The number of nitrogens with zero attached hydrogens (tertiary/aromatic N) is 5. The van der Waals surface area contributed by atoms with Crippen molar-refractivity contribution in [1.82, 2.24) is 40.4 Å². The van der Waals surface area contributed by atoms with Crippen molar-refractivity contribution < 1.29 is 28.2 Å². The van der Waals surface area contributed by atoms with Crippen LogP contribution in [0.25, 0.3) is 0 Å². The molecule has 0 aromatic carbocycles. The summed E-state index contributed by atoms with van der Waals surface area (Å²) < 4.78 is 30.8. The number of carbonyl (C=O) groups excluding carboxylic acids is 3. The number of piperazine rings is 1. The molecule has 11 unspecified atom stereocenters. The zero-order valence-corrected chi connectivity index (χ0v) is 34.3. The topological polar surface area (TPSA) is 122 Å². The molecule has 13 nitrogen and oxygen atoms in total. The van der Waals surface area contributed by atoms with Gasteiger partial charge in [-0.1, -0.05) is 12.8 Å². The molecule has 0 bridgehead atoms. The molecular weight excluding hydrogens is 728 g/mol. The lowest BCUT2D eigenvalue weighted by Gasteiger charge is -2.61. The molecule has 3 saturated carbocycles. The maximum absolute atomic E-state index is 16.9. The van der Waals surface area contributed by atoms with Crippen LogP contribution in [0.15, 0.2) is 11.8 Å². The van der Waals surface area contributed by atoms with Gasteiger partial charge < -0.3 is 45.0 Å². The van der Waals surface area contributed by atoms with Gasteiger partial charge >= 0.3 is 0 Å². The second kappa shape index (κ2) is 17.8. The van der Waals surface area contributed by atoms with E-state index in [2.05, 4.69) is 47.5 Å². The van der Waals surface area contributed by atoms with Crippen LogP contribution in [0.1, 0.15) is 77.0 Å². The first kappa shape index (κ1) is 40.2. The van der Waals surface area contributed by atoms with E-state index in [9.17, 15) is 14.4 Å². The first-order valence-electron chi connectivity index (χ1n) is 22.9. The monoisotopic (exact) mass is 797 g/mol. The van der Waals surface area contributed by atoms with E-state index in [4.69, 9.17) is 9.47 Å². The standard InChI is InChI=1S/C43H69FN8O5/c1-48-19-21-50(22-20-48)16-6-11-45-12-9-38(53)47-28-10-17-51(26-28)40-33(44)23-31-39-42(40)57-37-24-30-29-7-2-3-8-35(29)56-36(30)25-34(37)52(39)27-32(41(31)54)43(55)46-13-18-49-14-4-5-15-49/h27-31,33-37,39-40,42,45H,2-26H2,1H3,(H,46,55)(H,47,53)/t28-,29?,30?,31?,33?,34?,35?,36?,37?,39?,40?,42?/m1/s1. The Morgan fingerprint density at radius 1 is 0.807 bits per heavy atom. The zero-order chi connectivity index (χ0) is 39.0. The van der Waals surface area contributed by atoms with Gasteiger partial charge in [-0.3, -0.25) is 19.3 Å². The van der Waals surface area contributed by atoms with E-state index < -0.39 is 24.2 Å². The Bertz CT molecular complexity index is 1470. The first-order chi connectivity index (χ1) is 27.8. The highest BCUT2D eigenvalue weighted by Crippen LogP contribution is 2.53. The molecule has 3 N–H and O–H groups in total. The van der Waals surface area contributed by atoms with Crippen LogP contribution in [-0.2, 0) is 23.9 Å². The molecule has 2 amide bonds. The van der Waals surface area contributed by atoms with Crippen LogP contribution in [0.2, 0.25) is 0 Å². The fourth-order valence-electron chi connectivity index (χ4n) is 12.5. The Labute approximate surface area is 339 Å². The summed E-state index contributed by atoms with van der Waals surface area (Å²) in [5, 5.41) is 9.74. The molecule has 3 aliphatic carbocycles. The summed E-state index contributed by atoms with van der Waals surface area (Å²) in [5.74, 6) is -0.240. The van der Waals surface area contributed by atoms with Gasteiger partial charge in [0.1, 0.15) is 6.17 Å². The third kappa shape index (κ3) is 8.57. The maximum Gasteiger partial charge on any atom is 0.256 e. The molecule has 0 radical (unpaired) electrons. The summed E-state index contributed by atoms with van der Waals surface area (Å²) in [5.41, 5.74) is 0.166. The molecule has 0 aromatic rings. The molecule has 57 heavy (non-hydrogen) atoms. The zero-order valence-electron chi connectivity index (χ0n) is 34.3. The highest BCUT2D eigenvalue weighted by molar-refractivity contribution is 6.20. The minimum atomic E-state index is -1.28. The molecule has 5 saturated heterocycles. The van der Waals surface area contributed by atoms with Crippen molar-refractivity contribution in [2.45, 2.75) is 132 Å². The van der Waals surface area contributed by atoms with Gasteiger partial charge in [-0.15, -0.1) is 0 Å². The van der Waals surface area contributed by atoms with Crippen molar-refractivity contribution in [3.8, 4) is 0 Å². The Balaban J connectivity index is 0.848. The van der Waals surface area contributed by atoms with E-state index in [1.165, 1.54) is 32.1 Å². The third-order valence-electron chi connectivity index (χ3n) is 15.5. The number of amides is 2. The Hall–Kier alpha value is -2.20. The average molecular weight is 797 g/mol. The smallest absolute Gasteiger partial charge is 0.256 e. The van der Waals surface area contributed by atoms with E-state index in [1.54, 1.807) is 0 Å². The molecule has 9 aliphatic rings. The Morgan fingerprint density at radius 3 is 2.46 bits per heavy atom. The van der Waals surface area contributed by atoms with Gasteiger partial charge in [0.25, 0.3) is 5.91 Å². The van der Waals surface area contributed by atoms with Crippen molar-refractivity contribution in [2.75, 3.05) is 92.1 Å². The molecule has 6 heterocycles. The highest BCUT2D eigenvalue weighted by atomic mass is 19.1. The van der Waals surface area contributed by atoms with Crippen molar-refractivity contribution in [1.29, 1.82) is 0 Å². The van der Waals surface area contributed by atoms with E-state index in [0.717, 1.165) is 91.0 Å². The SMILES string of the molecule is CN1CCN(CCCNCCC(=O)N[C@@H]2CCN(C3C(F)CC4C(=O)C(C(=O)NCCN5CCCC5)=CN5C6CC7OC8CCCCC8C7CC6OC3C45)C2)CC1. The lowest BCUT2D eigenvalue weighted by Crippen LogP contribution is -2.73. The van der Waals surface area contributed by atoms with Crippen molar-refractivity contribution in [2.24, 2.45) is 17.8 Å². The first-order valence-corrected chi connectivity index (χ1v) is 22.9. The number of likely N-dealkylation sites (N-methyl/N-ethyl adjacent to an activating group) is 1. The maximum atomic E-state index is 16.9. The van der Waals surface area contributed by atoms with Gasteiger partial charge in [0.2, 0.25) is 5.91 Å². The van der Waals surface area contributed by atoms with Crippen LogP contribution < -0.4 is 16.0 Å². The number of hydrogen-bond acceptors (Lipinski definition) is 11. The number of alkyl halides is 1. The molecular formula is C43H69FN8O5. The highest BCUT2D eigenvalue weighted by Gasteiger charge is 2.62. The second-order valence-electron chi connectivity index (χ2n) is 19.0. The largest absolute Gasteiger partial charge is 0.374 e. The van der Waals surface area contributed by atoms with Crippen LogP contribution in [0.3, 0.4) is 0 Å². The lowest BCUT2D eigenvalue weighted by atomic mass is 9.67. The van der Waals surface area contributed by atoms with Crippen LogP contribution in [0.5, 0.6) is 0 Å². The summed E-state index contributed by atoms with van der Waals surface area (Å²) in [6.45, 7) is 11.7. The molecule has 318 valence electrons. The van der Waals surface area contributed by atoms with E-state index in [1.807, 2.05) is 6.20 Å². The number of morpholine rings is 1. The van der Waals surface area contributed by atoms with Gasteiger partial charge in [0.05, 0.1) is 48.1 Å². The number of carbonyl (C=O) groups is 3. The van der Waals surface area contributed by atoms with Crippen molar-refractivity contribution >= 4 is 17.6 Å². The van der Waals surface area contributed by atoms with Crippen molar-refractivity contribution in [3.05, 3.63) is 11.8 Å². The number of ketones is 1. The van der Waals surface area contributed by atoms with Gasteiger partial charge in [0.15, 0.2) is 5.78 Å². The number of likely N-dealkylation sites (tertiary alicyclic amines) is 2. The van der Waals surface area contributed by atoms with E-state index >= 15 is 4.39 Å². The van der Waals surface area contributed by atoms with Gasteiger partial charge in [0, 0.05) is 83.5 Å². The molecule has 0 aromatic heterocycles. The number of ether oxygens (including phenoxy) is 2. The number of nitrogens with one attached hydrogen (secondary N) is 3. The minimum Gasteiger partial charge on any atom is -0.374 e. The second-order valence-corrected chi connectivity index (χ2v) is 19.0.